The second kappa shape index (κ2) is 8.11. The van der Waals surface area contributed by atoms with Crippen molar-refractivity contribution < 1.29 is 4.74 Å². The zero-order chi connectivity index (χ0) is 13.4. The SMILES string of the molecule is CNCCCN(C)C(C)Cc1ccccc1OC. The Bertz CT molecular complexity index is 341. The van der Waals surface area contributed by atoms with Crippen molar-refractivity contribution in [3.8, 4) is 5.75 Å². The van der Waals surface area contributed by atoms with Crippen molar-refractivity contribution in [1.29, 1.82) is 0 Å². The van der Waals surface area contributed by atoms with E-state index in [1.54, 1.807) is 7.11 Å². The zero-order valence-electron chi connectivity index (χ0n) is 12.1. The van der Waals surface area contributed by atoms with Gasteiger partial charge in [-0.3, -0.25) is 0 Å². The lowest BCUT2D eigenvalue weighted by Crippen LogP contribution is -2.33. The summed E-state index contributed by atoms with van der Waals surface area (Å²) in [7, 11) is 5.92. The summed E-state index contributed by atoms with van der Waals surface area (Å²) in [5, 5.41) is 3.18. The van der Waals surface area contributed by atoms with Gasteiger partial charge in [0.15, 0.2) is 0 Å². The van der Waals surface area contributed by atoms with Crippen molar-refractivity contribution in [3.63, 3.8) is 0 Å². The van der Waals surface area contributed by atoms with Crippen LogP contribution in [0.15, 0.2) is 24.3 Å². The summed E-state index contributed by atoms with van der Waals surface area (Å²) >= 11 is 0. The molecule has 1 aromatic rings. The standard InChI is InChI=1S/C15H26N2O/c1-13(17(3)11-7-10-16-2)12-14-8-5-6-9-15(14)18-4/h5-6,8-9,13,16H,7,10-12H2,1-4H3. The van der Waals surface area contributed by atoms with Crippen molar-refractivity contribution in [3.05, 3.63) is 29.8 Å². The van der Waals surface area contributed by atoms with E-state index in [0.717, 1.165) is 25.3 Å². The van der Waals surface area contributed by atoms with Crippen LogP contribution in [0.2, 0.25) is 0 Å². The van der Waals surface area contributed by atoms with E-state index in [1.165, 1.54) is 12.0 Å². The molecule has 1 atom stereocenters. The Labute approximate surface area is 111 Å². The molecule has 0 bridgehead atoms. The largest absolute Gasteiger partial charge is 0.496 e. The van der Waals surface area contributed by atoms with Gasteiger partial charge in [-0.05, 0) is 58.6 Å². The molecule has 0 aliphatic carbocycles. The molecule has 0 aliphatic rings. The third-order valence-corrected chi connectivity index (χ3v) is 3.40. The highest BCUT2D eigenvalue weighted by molar-refractivity contribution is 5.33. The molecule has 1 aromatic carbocycles. The second-order valence-corrected chi connectivity index (χ2v) is 4.80. The fourth-order valence-electron chi connectivity index (χ4n) is 2.07. The molecule has 1 unspecified atom stereocenters. The minimum atomic E-state index is 0.526. The summed E-state index contributed by atoms with van der Waals surface area (Å²) < 4.78 is 5.40. The normalized spacial score (nSPS) is 12.7. The highest BCUT2D eigenvalue weighted by Gasteiger charge is 2.12. The Hall–Kier alpha value is -1.06. The Morgan fingerprint density at radius 3 is 2.72 bits per heavy atom. The molecule has 0 saturated carbocycles. The predicted molar refractivity (Wildman–Crippen MR) is 77.3 cm³/mol. The zero-order valence-corrected chi connectivity index (χ0v) is 12.1. The van der Waals surface area contributed by atoms with Gasteiger partial charge in [0.05, 0.1) is 7.11 Å². The van der Waals surface area contributed by atoms with Crippen LogP contribution >= 0.6 is 0 Å². The van der Waals surface area contributed by atoms with Gasteiger partial charge in [0.2, 0.25) is 0 Å². The van der Waals surface area contributed by atoms with Gasteiger partial charge in [-0.2, -0.15) is 0 Å². The summed E-state index contributed by atoms with van der Waals surface area (Å²) in [6, 6.07) is 8.80. The Morgan fingerprint density at radius 2 is 2.06 bits per heavy atom. The Balaban J connectivity index is 2.50. The van der Waals surface area contributed by atoms with E-state index in [0.29, 0.717) is 6.04 Å². The van der Waals surface area contributed by atoms with Gasteiger partial charge < -0.3 is 15.0 Å². The van der Waals surface area contributed by atoms with E-state index >= 15 is 0 Å². The van der Waals surface area contributed by atoms with Crippen LogP contribution in [0.25, 0.3) is 0 Å². The lowest BCUT2D eigenvalue weighted by molar-refractivity contribution is 0.251. The van der Waals surface area contributed by atoms with E-state index in [2.05, 4.69) is 36.3 Å². The number of methoxy groups -OCH3 is 1. The number of ether oxygens (including phenoxy) is 1. The maximum Gasteiger partial charge on any atom is 0.122 e. The van der Waals surface area contributed by atoms with Crippen LogP contribution in [0.1, 0.15) is 18.9 Å². The number of para-hydroxylation sites is 1. The quantitative estimate of drug-likeness (QED) is 0.716. The molecule has 3 nitrogen and oxygen atoms in total. The molecule has 0 spiro atoms. The molecule has 1 rings (SSSR count). The molecule has 0 radical (unpaired) electrons. The van der Waals surface area contributed by atoms with Crippen LogP contribution < -0.4 is 10.1 Å². The third kappa shape index (κ3) is 4.67. The van der Waals surface area contributed by atoms with Crippen molar-refractivity contribution in [2.45, 2.75) is 25.8 Å². The van der Waals surface area contributed by atoms with E-state index in [9.17, 15) is 0 Å². The van der Waals surface area contributed by atoms with Gasteiger partial charge in [0, 0.05) is 6.04 Å². The first kappa shape index (κ1) is 15.0. The molecule has 0 aromatic heterocycles. The Kier molecular flexibility index (Phi) is 6.76. The summed E-state index contributed by atoms with van der Waals surface area (Å²) in [5.74, 6) is 0.993. The monoisotopic (exact) mass is 250 g/mol. The van der Waals surface area contributed by atoms with Crippen LogP contribution in [0, 0.1) is 0 Å². The maximum absolute atomic E-state index is 5.40. The first-order chi connectivity index (χ1) is 8.69. The lowest BCUT2D eigenvalue weighted by Gasteiger charge is -2.25. The fraction of sp³-hybridized carbons (Fsp3) is 0.600. The number of nitrogens with one attached hydrogen (secondary N) is 1. The molecule has 0 amide bonds. The van der Waals surface area contributed by atoms with Crippen LogP contribution in [0.5, 0.6) is 5.75 Å². The van der Waals surface area contributed by atoms with Gasteiger partial charge in [0.1, 0.15) is 5.75 Å². The minimum absolute atomic E-state index is 0.526. The van der Waals surface area contributed by atoms with Gasteiger partial charge >= 0.3 is 0 Å². The molecule has 18 heavy (non-hydrogen) atoms. The molecule has 1 N–H and O–H groups in total. The van der Waals surface area contributed by atoms with Crippen LogP contribution in [0.3, 0.4) is 0 Å². The molecular weight excluding hydrogens is 224 g/mol. The first-order valence-corrected chi connectivity index (χ1v) is 6.65. The third-order valence-electron chi connectivity index (χ3n) is 3.40. The number of hydrogen-bond acceptors (Lipinski definition) is 3. The average molecular weight is 250 g/mol. The lowest BCUT2D eigenvalue weighted by atomic mass is 10.1. The minimum Gasteiger partial charge on any atom is -0.496 e. The van der Waals surface area contributed by atoms with Crippen molar-refractivity contribution in [1.82, 2.24) is 10.2 Å². The van der Waals surface area contributed by atoms with Gasteiger partial charge in [-0.1, -0.05) is 18.2 Å². The van der Waals surface area contributed by atoms with Crippen molar-refractivity contribution in [2.75, 3.05) is 34.3 Å². The molecule has 102 valence electrons. The van der Waals surface area contributed by atoms with E-state index < -0.39 is 0 Å². The van der Waals surface area contributed by atoms with E-state index in [1.807, 2.05) is 19.2 Å². The van der Waals surface area contributed by atoms with E-state index in [-0.39, 0.29) is 0 Å². The van der Waals surface area contributed by atoms with E-state index in [4.69, 9.17) is 4.74 Å². The van der Waals surface area contributed by atoms with Gasteiger partial charge in [-0.25, -0.2) is 0 Å². The summed E-state index contributed by atoms with van der Waals surface area (Å²) in [5.41, 5.74) is 1.29. The second-order valence-electron chi connectivity index (χ2n) is 4.80. The summed E-state index contributed by atoms with van der Waals surface area (Å²) in [6.45, 7) is 4.47. The number of nitrogens with zero attached hydrogens (tertiary/aromatic N) is 1. The van der Waals surface area contributed by atoms with Crippen LogP contribution in [0.4, 0.5) is 0 Å². The molecule has 0 heterocycles. The van der Waals surface area contributed by atoms with Crippen molar-refractivity contribution >= 4 is 0 Å². The predicted octanol–water partition coefficient (Wildman–Crippen LogP) is 2.17. The molecular formula is C15H26N2O. The van der Waals surface area contributed by atoms with Gasteiger partial charge in [-0.15, -0.1) is 0 Å². The topological polar surface area (TPSA) is 24.5 Å². The van der Waals surface area contributed by atoms with Crippen LogP contribution in [-0.2, 0) is 6.42 Å². The number of hydrogen-bond donors (Lipinski definition) is 1. The molecule has 0 aliphatic heterocycles. The highest BCUT2D eigenvalue weighted by atomic mass is 16.5. The molecule has 0 saturated heterocycles. The van der Waals surface area contributed by atoms with Crippen molar-refractivity contribution in [2.24, 2.45) is 0 Å². The summed E-state index contributed by atoms with van der Waals surface area (Å²) in [4.78, 5) is 2.41. The average Bonchev–Trinajstić information content (AvgIpc) is 2.39. The number of likely N-dealkylation sites (N-methyl/N-ethyl adjacent to an activating group) is 1. The molecule has 3 heteroatoms. The first-order valence-electron chi connectivity index (χ1n) is 6.65. The Morgan fingerprint density at radius 1 is 1.33 bits per heavy atom. The highest BCUT2D eigenvalue weighted by Crippen LogP contribution is 2.20. The molecule has 0 fully saturated rings. The smallest absolute Gasteiger partial charge is 0.122 e. The summed E-state index contributed by atoms with van der Waals surface area (Å²) in [6.07, 6.45) is 2.21. The fourth-order valence-corrected chi connectivity index (χ4v) is 2.07. The van der Waals surface area contributed by atoms with Crippen LogP contribution in [-0.4, -0.2) is 45.2 Å². The van der Waals surface area contributed by atoms with Gasteiger partial charge in [0.25, 0.3) is 0 Å². The number of benzene rings is 1. The number of rotatable bonds is 8. The maximum atomic E-state index is 5.40.